The third kappa shape index (κ3) is 5.78. The number of nitrogens with two attached hydrogens (primary N) is 1. The van der Waals surface area contributed by atoms with Crippen LogP contribution in [-0.2, 0) is 30.7 Å². The first-order chi connectivity index (χ1) is 18.5. The fraction of sp³-hybridized carbons (Fsp3) is 0.438. The van der Waals surface area contributed by atoms with E-state index in [0.717, 1.165) is 85.5 Å². The molecule has 39 heavy (non-hydrogen) atoms. The Kier molecular flexibility index (Phi) is 7.38. The van der Waals surface area contributed by atoms with Crippen molar-refractivity contribution in [3.63, 3.8) is 0 Å². The number of rotatable bonds is 6. The normalized spacial score (nSPS) is 17.2. The van der Waals surface area contributed by atoms with Crippen molar-refractivity contribution in [2.75, 3.05) is 30.3 Å². The van der Waals surface area contributed by atoms with Gasteiger partial charge in [0.1, 0.15) is 11.6 Å². The van der Waals surface area contributed by atoms with E-state index in [4.69, 9.17) is 5.73 Å². The molecule has 7 heteroatoms. The molecule has 3 aromatic rings. The van der Waals surface area contributed by atoms with Gasteiger partial charge < -0.3 is 15.7 Å². The Balaban J connectivity index is 1.49. The summed E-state index contributed by atoms with van der Waals surface area (Å²) in [5.41, 5.74) is 15.8. The van der Waals surface area contributed by atoms with E-state index < -0.39 is 5.97 Å². The smallest absolute Gasteiger partial charge is 0.307 e. The van der Waals surface area contributed by atoms with Gasteiger partial charge in [-0.3, -0.25) is 9.69 Å². The van der Waals surface area contributed by atoms with Crippen molar-refractivity contribution >= 4 is 17.5 Å². The summed E-state index contributed by atoms with van der Waals surface area (Å²) in [6, 6.07) is 11.5. The van der Waals surface area contributed by atoms with Gasteiger partial charge in [-0.05, 0) is 78.5 Å². The van der Waals surface area contributed by atoms with Crippen LogP contribution in [0.5, 0.6) is 0 Å². The van der Waals surface area contributed by atoms with Crippen LogP contribution in [0.2, 0.25) is 0 Å². The van der Waals surface area contributed by atoms with Crippen LogP contribution < -0.4 is 10.6 Å². The highest BCUT2D eigenvalue weighted by Gasteiger charge is 2.31. The molecule has 2 aliphatic rings. The number of carboxylic acid groups (broad SMARTS) is 1. The Morgan fingerprint density at radius 2 is 1.82 bits per heavy atom. The molecule has 0 atom stereocenters. The van der Waals surface area contributed by atoms with Crippen LogP contribution in [0.3, 0.4) is 0 Å². The minimum Gasteiger partial charge on any atom is -0.481 e. The molecule has 206 valence electrons. The van der Waals surface area contributed by atoms with Crippen LogP contribution >= 0.6 is 0 Å². The molecular formula is C32H39FN4O2. The molecule has 0 bridgehead atoms. The average Bonchev–Trinajstić information content (AvgIpc) is 2.87. The molecule has 1 fully saturated rings. The van der Waals surface area contributed by atoms with Crippen molar-refractivity contribution in [1.82, 2.24) is 9.88 Å². The maximum atomic E-state index is 13.6. The number of nitrogens with zero attached hydrogens (tertiary/aromatic N) is 3. The van der Waals surface area contributed by atoms with Gasteiger partial charge in [-0.2, -0.15) is 0 Å². The lowest BCUT2D eigenvalue weighted by Gasteiger charge is -2.40. The molecule has 6 nitrogen and oxygen atoms in total. The molecule has 1 saturated heterocycles. The van der Waals surface area contributed by atoms with E-state index in [1.165, 1.54) is 17.2 Å². The number of benzene rings is 2. The molecule has 0 radical (unpaired) electrons. The summed E-state index contributed by atoms with van der Waals surface area (Å²) in [5.74, 6) is -0.612. The highest BCUT2D eigenvalue weighted by molar-refractivity contribution is 5.91. The van der Waals surface area contributed by atoms with Gasteiger partial charge in [0.25, 0.3) is 0 Å². The third-order valence-electron chi connectivity index (χ3n) is 8.55. The second kappa shape index (κ2) is 10.6. The maximum Gasteiger partial charge on any atom is 0.307 e. The second-order valence-electron chi connectivity index (χ2n) is 12.0. The Morgan fingerprint density at radius 1 is 1.08 bits per heavy atom. The number of carboxylic acids is 1. The van der Waals surface area contributed by atoms with Crippen molar-refractivity contribution < 1.29 is 14.3 Å². The average molecular weight is 531 g/mol. The summed E-state index contributed by atoms with van der Waals surface area (Å²) >= 11 is 0. The van der Waals surface area contributed by atoms with E-state index in [2.05, 4.69) is 46.8 Å². The third-order valence-corrected chi connectivity index (χ3v) is 8.55. The standard InChI is InChI=1S/C32H39FN4O2/c1-20-15-26(33)8-7-24(20)18-36-12-9-22-16-23(5-6-25(22)19-36)29-30(37-13-10-32(3,4)11-14-37)27(17-28(38)39)21(2)35-31(29)34/h5-8,15-16H,9-14,17-19H2,1-4H3,(H2,34,35)(H,38,39). The second-order valence-corrected chi connectivity index (χ2v) is 12.0. The van der Waals surface area contributed by atoms with Crippen molar-refractivity contribution in [1.29, 1.82) is 0 Å². The van der Waals surface area contributed by atoms with Crippen LogP contribution in [0.25, 0.3) is 11.1 Å². The molecule has 3 heterocycles. The fourth-order valence-electron chi connectivity index (χ4n) is 6.06. The van der Waals surface area contributed by atoms with Crippen LogP contribution in [0.1, 0.15) is 60.2 Å². The Bertz CT molecular complexity index is 1410. The monoisotopic (exact) mass is 530 g/mol. The quantitative estimate of drug-likeness (QED) is 0.413. The van der Waals surface area contributed by atoms with Crippen LogP contribution in [0.4, 0.5) is 15.9 Å². The van der Waals surface area contributed by atoms with Gasteiger partial charge in [-0.1, -0.05) is 38.1 Å². The van der Waals surface area contributed by atoms with Gasteiger partial charge in [-0.15, -0.1) is 0 Å². The predicted octanol–water partition coefficient (Wildman–Crippen LogP) is 5.90. The number of nitrogen functional groups attached to an aromatic ring is 1. The summed E-state index contributed by atoms with van der Waals surface area (Å²) in [4.78, 5) is 21.2. The molecule has 0 saturated carbocycles. The zero-order valence-electron chi connectivity index (χ0n) is 23.5. The molecule has 5 rings (SSSR count). The zero-order chi connectivity index (χ0) is 27.9. The molecule has 2 aromatic carbocycles. The van der Waals surface area contributed by atoms with Crippen molar-refractivity contribution in [2.24, 2.45) is 5.41 Å². The van der Waals surface area contributed by atoms with E-state index in [1.807, 2.05) is 19.9 Å². The number of piperidine rings is 1. The number of aromatic nitrogens is 1. The summed E-state index contributed by atoms with van der Waals surface area (Å²) in [6.45, 7) is 12.6. The predicted molar refractivity (Wildman–Crippen MR) is 154 cm³/mol. The summed E-state index contributed by atoms with van der Waals surface area (Å²) < 4.78 is 13.6. The van der Waals surface area contributed by atoms with Gasteiger partial charge in [0.15, 0.2) is 0 Å². The molecule has 3 N–H and O–H groups in total. The van der Waals surface area contributed by atoms with Gasteiger partial charge in [0.2, 0.25) is 0 Å². The molecule has 0 spiro atoms. The number of pyridine rings is 1. The number of anilines is 2. The van der Waals surface area contributed by atoms with E-state index in [-0.39, 0.29) is 17.7 Å². The topological polar surface area (TPSA) is 82.7 Å². The Labute approximate surface area is 230 Å². The SMILES string of the molecule is Cc1cc(F)ccc1CN1CCc2cc(-c3c(N)nc(C)c(CC(=O)O)c3N3CCC(C)(C)CC3)ccc2C1. The minimum absolute atomic E-state index is 0.0793. The number of fused-ring (bicyclic) bond motifs is 1. The van der Waals surface area contributed by atoms with Gasteiger partial charge >= 0.3 is 5.97 Å². The first-order valence-corrected chi connectivity index (χ1v) is 13.9. The minimum atomic E-state index is -0.865. The molecule has 0 amide bonds. The van der Waals surface area contributed by atoms with Crippen molar-refractivity contribution in [3.8, 4) is 11.1 Å². The van der Waals surface area contributed by atoms with Crippen LogP contribution in [0.15, 0.2) is 36.4 Å². The first kappa shape index (κ1) is 27.1. The number of aryl methyl sites for hydroxylation is 2. The lowest BCUT2D eigenvalue weighted by Crippen LogP contribution is -2.38. The van der Waals surface area contributed by atoms with Crippen molar-refractivity contribution in [3.05, 3.63) is 75.7 Å². The van der Waals surface area contributed by atoms with Crippen LogP contribution in [-0.4, -0.2) is 40.6 Å². The number of aliphatic carboxylic acids is 1. The lowest BCUT2D eigenvalue weighted by atomic mass is 9.82. The van der Waals surface area contributed by atoms with Gasteiger partial charge in [0, 0.05) is 49.5 Å². The Hall–Kier alpha value is -3.45. The zero-order valence-corrected chi connectivity index (χ0v) is 23.5. The largest absolute Gasteiger partial charge is 0.481 e. The Morgan fingerprint density at radius 3 is 2.51 bits per heavy atom. The van der Waals surface area contributed by atoms with Crippen molar-refractivity contribution in [2.45, 2.75) is 66.5 Å². The number of halogens is 1. The fourth-order valence-corrected chi connectivity index (χ4v) is 6.06. The summed E-state index contributed by atoms with van der Waals surface area (Å²) in [5, 5.41) is 9.75. The highest BCUT2D eigenvalue weighted by atomic mass is 19.1. The molecule has 0 aliphatic carbocycles. The first-order valence-electron chi connectivity index (χ1n) is 13.9. The van der Waals surface area contributed by atoms with E-state index in [1.54, 1.807) is 6.07 Å². The highest BCUT2D eigenvalue weighted by Crippen LogP contribution is 2.43. The molecule has 2 aliphatic heterocycles. The summed E-state index contributed by atoms with van der Waals surface area (Å²) in [7, 11) is 0. The molecular weight excluding hydrogens is 491 g/mol. The summed E-state index contributed by atoms with van der Waals surface area (Å²) in [6.07, 6.45) is 2.89. The van der Waals surface area contributed by atoms with E-state index >= 15 is 0 Å². The number of hydrogen-bond donors (Lipinski definition) is 2. The molecule has 0 unspecified atom stereocenters. The number of carbonyl (C=O) groups is 1. The van der Waals surface area contributed by atoms with Gasteiger partial charge in [-0.25, -0.2) is 9.37 Å². The van der Waals surface area contributed by atoms with Crippen LogP contribution in [0, 0.1) is 25.1 Å². The number of hydrogen-bond acceptors (Lipinski definition) is 5. The molecule has 1 aromatic heterocycles. The lowest BCUT2D eigenvalue weighted by molar-refractivity contribution is -0.136. The van der Waals surface area contributed by atoms with E-state index in [0.29, 0.717) is 11.5 Å². The maximum absolute atomic E-state index is 13.6. The van der Waals surface area contributed by atoms with E-state index in [9.17, 15) is 14.3 Å². The van der Waals surface area contributed by atoms with Gasteiger partial charge in [0.05, 0.1) is 12.1 Å².